The van der Waals surface area contributed by atoms with Gasteiger partial charge in [-0.05, 0) is 6.92 Å². The third kappa shape index (κ3) is 2.77. The fraction of sp³-hybridized carbons (Fsp3) is 0.727. The highest BCUT2D eigenvalue weighted by Gasteiger charge is 2.76. The largest absolute Gasteiger partial charge is 0.432 e. The molecule has 116 valence electrons. The van der Waals surface area contributed by atoms with Gasteiger partial charge < -0.3 is 9.47 Å². The molecule has 1 aliphatic heterocycles. The van der Waals surface area contributed by atoms with Crippen LogP contribution in [-0.2, 0) is 14.3 Å². The molecule has 0 spiro atoms. The van der Waals surface area contributed by atoms with Gasteiger partial charge in [-0.2, -0.15) is 26.3 Å². The third-order valence-electron chi connectivity index (χ3n) is 2.88. The van der Waals surface area contributed by atoms with Crippen LogP contribution in [0.15, 0.2) is 12.2 Å². The van der Waals surface area contributed by atoms with Crippen molar-refractivity contribution in [3.8, 4) is 0 Å². The van der Waals surface area contributed by atoms with E-state index in [0.29, 0.717) is 0 Å². The van der Waals surface area contributed by atoms with Gasteiger partial charge in [0, 0.05) is 17.9 Å². The number of halogens is 6. The summed E-state index contributed by atoms with van der Waals surface area (Å²) in [6.45, 7) is 5.47. The van der Waals surface area contributed by atoms with Crippen LogP contribution in [0.2, 0.25) is 0 Å². The molecular formula is C11H12F6O3. The molecule has 1 saturated heterocycles. The molecule has 0 bridgehead atoms. The fourth-order valence-corrected chi connectivity index (χ4v) is 1.78. The maximum absolute atomic E-state index is 12.8. The average molecular weight is 306 g/mol. The summed E-state index contributed by atoms with van der Waals surface area (Å²) in [6.07, 6.45) is -14.6. The Morgan fingerprint density at radius 1 is 1.25 bits per heavy atom. The molecule has 1 aliphatic rings. The SMILES string of the molecule is C=C(C)C(=O)OC1OC(C(F)(F)F)(C(F)(F)F)CC1C. The predicted molar refractivity (Wildman–Crippen MR) is 54.4 cm³/mol. The summed E-state index contributed by atoms with van der Waals surface area (Å²) in [7, 11) is 0. The second kappa shape index (κ2) is 4.94. The van der Waals surface area contributed by atoms with E-state index < -0.39 is 42.6 Å². The van der Waals surface area contributed by atoms with E-state index in [2.05, 4.69) is 16.1 Å². The topological polar surface area (TPSA) is 35.5 Å². The quantitative estimate of drug-likeness (QED) is 0.446. The summed E-state index contributed by atoms with van der Waals surface area (Å²) in [5.41, 5.74) is -4.48. The molecule has 0 aromatic carbocycles. The fourth-order valence-electron chi connectivity index (χ4n) is 1.78. The lowest BCUT2D eigenvalue weighted by atomic mass is 9.93. The molecule has 0 radical (unpaired) electrons. The molecule has 9 heteroatoms. The van der Waals surface area contributed by atoms with E-state index in [1.165, 1.54) is 6.92 Å². The van der Waals surface area contributed by atoms with E-state index in [-0.39, 0.29) is 5.57 Å². The number of ether oxygens (including phenoxy) is 2. The lowest BCUT2D eigenvalue weighted by molar-refractivity contribution is -0.385. The Balaban J connectivity index is 3.05. The Bertz CT molecular complexity index is 397. The van der Waals surface area contributed by atoms with Crippen molar-refractivity contribution in [1.29, 1.82) is 0 Å². The highest BCUT2D eigenvalue weighted by atomic mass is 19.4. The van der Waals surface area contributed by atoms with Gasteiger partial charge in [0.05, 0.1) is 0 Å². The second-order valence-corrected chi connectivity index (χ2v) is 4.68. The highest BCUT2D eigenvalue weighted by Crippen LogP contribution is 2.54. The van der Waals surface area contributed by atoms with Gasteiger partial charge in [-0.1, -0.05) is 13.5 Å². The second-order valence-electron chi connectivity index (χ2n) is 4.68. The summed E-state index contributed by atoms with van der Waals surface area (Å²) < 4.78 is 85.1. The van der Waals surface area contributed by atoms with Crippen LogP contribution < -0.4 is 0 Å². The smallest absolute Gasteiger partial charge is 0.426 e. The van der Waals surface area contributed by atoms with Gasteiger partial charge in [-0.25, -0.2) is 4.79 Å². The van der Waals surface area contributed by atoms with E-state index in [4.69, 9.17) is 0 Å². The number of hydrogen-bond acceptors (Lipinski definition) is 3. The van der Waals surface area contributed by atoms with Crippen molar-refractivity contribution >= 4 is 5.97 Å². The third-order valence-corrected chi connectivity index (χ3v) is 2.88. The molecular weight excluding hydrogens is 294 g/mol. The number of hydrogen-bond donors (Lipinski definition) is 0. The predicted octanol–water partition coefficient (Wildman–Crippen LogP) is 3.35. The van der Waals surface area contributed by atoms with Crippen molar-refractivity contribution in [3.63, 3.8) is 0 Å². The average Bonchev–Trinajstić information content (AvgIpc) is 2.55. The zero-order valence-corrected chi connectivity index (χ0v) is 10.6. The standard InChI is InChI=1S/C11H12F6O3/c1-5(2)7(18)19-8-6(3)4-9(20-8,10(12,13)14)11(15,16)17/h6,8H,1,4H2,2-3H3. The number of esters is 1. The van der Waals surface area contributed by atoms with Crippen LogP contribution in [0.25, 0.3) is 0 Å². The van der Waals surface area contributed by atoms with Crippen molar-refractivity contribution < 1.29 is 40.6 Å². The van der Waals surface area contributed by atoms with Crippen molar-refractivity contribution in [2.75, 3.05) is 0 Å². The summed E-state index contributed by atoms with van der Waals surface area (Å²) in [6, 6.07) is 0. The molecule has 0 N–H and O–H groups in total. The van der Waals surface area contributed by atoms with Gasteiger partial charge in [0.1, 0.15) is 0 Å². The first-order chi connectivity index (χ1) is 8.82. The number of alkyl halides is 6. The maximum Gasteiger partial charge on any atom is 0.426 e. The molecule has 1 heterocycles. The first-order valence-electron chi connectivity index (χ1n) is 5.49. The zero-order chi connectivity index (χ0) is 15.9. The van der Waals surface area contributed by atoms with E-state index in [1.54, 1.807) is 0 Å². The zero-order valence-electron chi connectivity index (χ0n) is 10.6. The minimum atomic E-state index is -5.66. The summed E-state index contributed by atoms with van der Waals surface area (Å²) >= 11 is 0. The van der Waals surface area contributed by atoms with Crippen LogP contribution in [0.3, 0.4) is 0 Å². The van der Waals surface area contributed by atoms with E-state index in [9.17, 15) is 31.1 Å². The Hall–Kier alpha value is -1.25. The number of carbonyl (C=O) groups excluding carboxylic acids is 1. The minimum absolute atomic E-state index is 0.155. The molecule has 0 aliphatic carbocycles. The summed E-state index contributed by atoms with van der Waals surface area (Å²) in [4.78, 5) is 11.2. The lowest BCUT2D eigenvalue weighted by Gasteiger charge is -2.32. The van der Waals surface area contributed by atoms with Gasteiger partial charge >= 0.3 is 18.3 Å². The van der Waals surface area contributed by atoms with Gasteiger partial charge in [0.25, 0.3) is 5.60 Å². The maximum atomic E-state index is 12.8. The molecule has 0 aromatic rings. The molecule has 20 heavy (non-hydrogen) atoms. The molecule has 2 unspecified atom stereocenters. The molecule has 1 rings (SSSR count). The molecule has 0 amide bonds. The minimum Gasteiger partial charge on any atom is -0.432 e. The van der Waals surface area contributed by atoms with Gasteiger partial charge in [-0.3, -0.25) is 0 Å². The van der Waals surface area contributed by atoms with Crippen LogP contribution in [0.4, 0.5) is 26.3 Å². The van der Waals surface area contributed by atoms with Crippen molar-refractivity contribution in [2.45, 2.75) is 44.5 Å². The Labute approximate surface area is 110 Å². The van der Waals surface area contributed by atoms with Gasteiger partial charge in [0.2, 0.25) is 6.29 Å². The molecule has 0 aromatic heterocycles. The van der Waals surface area contributed by atoms with E-state index in [1.807, 2.05) is 0 Å². The first-order valence-corrected chi connectivity index (χ1v) is 5.49. The van der Waals surface area contributed by atoms with Gasteiger partial charge in [0.15, 0.2) is 0 Å². The summed E-state index contributed by atoms with van der Waals surface area (Å²) in [5.74, 6) is -2.37. The molecule has 0 saturated carbocycles. The van der Waals surface area contributed by atoms with Crippen LogP contribution in [-0.4, -0.2) is 30.2 Å². The summed E-state index contributed by atoms with van der Waals surface area (Å²) in [5, 5.41) is 0. The lowest BCUT2D eigenvalue weighted by Crippen LogP contribution is -2.57. The van der Waals surface area contributed by atoms with Crippen LogP contribution in [0.1, 0.15) is 20.3 Å². The normalized spacial score (nSPS) is 26.4. The highest BCUT2D eigenvalue weighted by molar-refractivity contribution is 5.87. The van der Waals surface area contributed by atoms with E-state index in [0.717, 1.165) is 6.92 Å². The Morgan fingerprint density at radius 2 is 1.70 bits per heavy atom. The first kappa shape index (κ1) is 16.8. The van der Waals surface area contributed by atoms with Gasteiger partial charge in [-0.15, -0.1) is 0 Å². The molecule has 2 atom stereocenters. The molecule has 1 fully saturated rings. The Kier molecular flexibility index (Phi) is 4.15. The van der Waals surface area contributed by atoms with E-state index >= 15 is 0 Å². The molecule has 3 nitrogen and oxygen atoms in total. The van der Waals surface area contributed by atoms with Crippen molar-refractivity contribution in [1.82, 2.24) is 0 Å². The Morgan fingerprint density at radius 3 is 2.00 bits per heavy atom. The van der Waals surface area contributed by atoms with Crippen LogP contribution in [0, 0.1) is 5.92 Å². The van der Waals surface area contributed by atoms with Crippen LogP contribution >= 0.6 is 0 Å². The van der Waals surface area contributed by atoms with Crippen molar-refractivity contribution in [2.24, 2.45) is 5.92 Å². The van der Waals surface area contributed by atoms with Crippen molar-refractivity contribution in [3.05, 3.63) is 12.2 Å². The van der Waals surface area contributed by atoms with Crippen LogP contribution in [0.5, 0.6) is 0 Å². The monoisotopic (exact) mass is 306 g/mol. The number of carbonyl (C=O) groups is 1. The number of rotatable bonds is 2.